The van der Waals surface area contributed by atoms with E-state index >= 15 is 0 Å². The molecule has 0 saturated carbocycles. The van der Waals surface area contributed by atoms with Crippen LogP contribution in [0.3, 0.4) is 0 Å². The van der Waals surface area contributed by atoms with Gasteiger partial charge >= 0.3 is 0 Å². The molecule has 0 atom stereocenters. The quantitative estimate of drug-likeness (QED) is 0.128. The summed E-state index contributed by atoms with van der Waals surface area (Å²) >= 11 is 0. The van der Waals surface area contributed by atoms with Crippen molar-refractivity contribution in [1.29, 1.82) is 0 Å². The molecule has 12 aromatic rings. The van der Waals surface area contributed by atoms with Crippen LogP contribution in [0.15, 0.2) is 128 Å². The number of oxazole rings is 12. The van der Waals surface area contributed by atoms with Gasteiger partial charge in [-0.15, -0.1) is 24.8 Å². The zero-order valence-electron chi connectivity index (χ0n) is 46.6. The van der Waals surface area contributed by atoms with Gasteiger partial charge in [0.1, 0.15) is 25.6 Å². The third kappa shape index (κ3) is 72.0. The molecule has 0 unspecified atom stereocenters. The van der Waals surface area contributed by atoms with Crippen molar-refractivity contribution in [3.05, 3.63) is 220 Å². The minimum Gasteiger partial charge on any atom is -0.632 e. The van der Waals surface area contributed by atoms with E-state index in [-0.39, 0.29) is 223 Å². The van der Waals surface area contributed by atoms with Gasteiger partial charge in [-0.2, -0.15) is 0 Å². The fourth-order valence-corrected chi connectivity index (χ4v) is 3.10. The molecule has 24 nitrogen and oxygen atoms in total. The molecule has 0 N–H and O–H groups in total. The van der Waals surface area contributed by atoms with Gasteiger partial charge in [-0.1, -0.05) is 104 Å². The van der Waals surface area contributed by atoms with Crippen molar-refractivity contribution in [3.8, 4) is 0 Å². The second-order valence-electron chi connectivity index (χ2n) is 12.3. The van der Waals surface area contributed by atoms with E-state index in [0.29, 0.717) is 23.6 Å². The Labute approximate surface area is 631 Å². The molecule has 0 fully saturated rings. The average molecular weight is 1600 g/mol. The Morgan fingerprint density at radius 2 is 1.15 bits per heavy atom. The van der Waals surface area contributed by atoms with Gasteiger partial charge < -0.3 is 113 Å². The van der Waals surface area contributed by atoms with Crippen LogP contribution in [0.25, 0.3) is 0 Å². The van der Waals surface area contributed by atoms with E-state index in [1.165, 1.54) is 63.0 Å². The molecular formula is C48H48N12O12V12-12. The van der Waals surface area contributed by atoms with Crippen LogP contribution in [0, 0.1) is 158 Å². The molecule has 444 valence electrons. The van der Waals surface area contributed by atoms with Crippen molar-refractivity contribution in [1.82, 2.24) is 59.8 Å². The maximum atomic E-state index is 4.92. The summed E-state index contributed by atoms with van der Waals surface area (Å²) in [5.41, 5.74) is 3.41. The number of rotatable bonds is 0. The van der Waals surface area contributed by atoms with E-state index in [0.717, 1.165) is 45.8 Å². The van der Waals surface area contributed by atoms with Gasteiger partial charge in [-0.05, 0) is 88.0 Å². The first-order valence-electron chi connectivity index (χ1n) is 20.1. The van der Waals surface area contributed by atoms with Crippen molar-refractivity contribution in [2.75, 3.05) is 0 Å². The predicted molar refractivity (Wildman–Crippen MR) is 241 cm³/mol. The normalized spacial score (nSPS) is 7.57. The van der Waals surface area contributed by atoms with Crippen molar-refractivity contribution in [2.24, 2.45) is 0 Å². The summed E-state index contributed by atoms with van der Waals surface area (Å²) in [5, 5.41) is 0. The van der Waals surface area contributed by atoms with Gasteiger partial charge in [-0.25, -0.2) is 0 Å². The first kappa shape index (κ1) is 109. The molecule has 0 aliphatic carbocycles. The number of aromatic nitrogens is 12. The van der Waals surface area contributed by atoms with Gasteiger partial charge in [0, 0.05) is 283 Å². The molecule has 0 spiro atoms. The molecule has 0 amide bonds. The van der Waals surface area contributed by atoms with Crippen LogP contribution in [0.2, 0.25) is 0 Å². The Morgan fingerprint density at radius 3 is 1.30 bits per heavy atom. The summed E-state index contributed by atoms with van der Waals surface area (Å²) in [6.07, 6.45) is 46.6. The van der Waals surface area contributed by atoms with Crippen molar-refractivity contribution < 1.29 is 276 Å². The number of hydrogen-bond donors (Lipinski definition) is 0. The summed E-state index contributed by atoms with van der Waals surface area (Å²) in [4.78, 5) is 43.4. The molecule has 0 aliphatic heterocycles. The summed E-state index contributed by atoms with van der Waals surface area (Å²) < 4.78 is 55.0. The molecule has 0 bridgehead atoms. The molecule has 84 heavy (non-hydrogen) atoms. The monoisotopic (exact) mass is 1600 g/mol. The Balaban J connectivity index is -0.0000000665. The SMILES string of the molecule is Cc1[c-]nc(C)o1.Cc1[c-]nco1.Cc1[c-]oc(C)n1.Cc1[c-]ocn1.Cc1cn[c-]o1.Cc1co[c-]n1.Cc1n[c-]co1.Cc1n[c-]oc1C.Cc1nc[c-]o1.[V].[V].[V].[V].[V].[V].[V].[V].[V].[V].[V].[V].[c-]1cnco1.[c-]1cocn1.[c-]1ncco1. The first-order valence-corrected chi connectivity index (χ1v) is 20.1. The molecular weight excluding hydrogens is 1550 g/mol. The zero-order chi connectivity index (χ0) is 52.9. The van der Waals surface area contributed by atoms with Gasteiger partial charge in [0.15, 0.2) is 0 Å². The largest absolute Gasteiger partial charge is 0.632 e. The maximum absolute atomic E-state index is 4.92. The summed E-state index contributed by atoms with van der Waals surface area (Å²) in [6.45, 7) is 21.8. The van der Waals surface area contributed by atoms with Gasteiger partial charge in [-0.3, -0.25) is 0 Å². The summed E-state index contributed by atoms with van der Waals surface area (Å²) in [7, 11) is 0. The van der Waals surface area contributed by atoms with Crippen LogP contribution in [-0.4, -0.2) is 59.8 Å². The molecule has 0 aliphatic rings. The summed E-state index contributed by atoms with van der Waals surface area (Å²) in [5.74, 6) is 5.81. The number of nitrogens with zero attached hydrogens (tertiary/aromatic N) is 12. The van der Waals surface area contributed by atoms with Gasteiger partial charge in [0.2, 0.25) is 0 Å². The molecule has 12 rings (SSSR count). The Hall–Kier alpha value is -2.47. The Kier molecular flexibility index (Phi) is 99.8. The molecule has 12 radical (unpaired) electrons. The van der Waals surface area contributed by atoms with Crippen LogP contribution in [0.1, 0.15) is 69.4 Å². The molecule has 12 aromatic heterocycles. The van der Waals surface area contributed by atoms with Crippen LogP contribution in [0.4, 0.5) is 0 Å². The third-order valence-electron chi connectivity index (χ3n) is 6.22. The van der Waals surface area contributed by atoms with Gasteiger partial charge in [0.05, 0.1) is 0 Å². The van der Waals surface area contributed by atoms with E-state index in [1.807, 2.05) is 48.5 Å². The fraction of sp³-hybridized carbons (Fsp3) is 0.250. The van der Waals surface area contributed by atoms with Crippen molar-refractivity contribution in [2.45, 2.75) is 83.1 Å². The molecule has 12 heterocycles. The van der Waals surface area contributed by atoms with E-state index in [1.54, 1.807) is 47.1 Å². The molecule has 0 saturated heterocycles. The van der Waals surface area contributed by atoms with Gasteiger partial charge in [0.25, 0.3) is 0 Å². The minimum absolute atomic E-state index is 0. The Morgan fingerprint density at radius 1 is 0.440 bits per heavy atom. The minimum atomic E-state index is 0. The molecule has 0 aromatic carbocycles. The van der Waals surface area contributed by atoms with E-state index in [4.69, 9.17) is 13.3 Å². The zero-order valence-corrected chi connectivity index (χ0v) is 63.3. The second kappa shape index (κ2) is 76.6. The summed E-state index contributed by atoms with van der Waals surface area (Å²) in [6, 6.07) is 0. The standard InChI is InChI=1S/3C5H6NO.6C4H4NO.3C3H2NO.12V/c1-4-5(2)7-3-6-4;1-4-3-7-5(2)6-4;1-4-3-6-5(2)7-4;2*1-4-2-6-3-5-4;2*1-4-2-5-3-6-4;2*1-4-5-2-3-6-4;3*1-2-5-3-4-1;;;;;;;;;;;;/h3*1-2H3;3H,1H3;2H,1H3;3H,1H3;2H,1H3;3H,1H3;2H,1H3;2-3H;1,3H;1-2H;;;;;;;;;;;;/q12*-1;;;;;;;;;;;;. The van der Waals surface area contributed by atoms with Crippen molar-refractivity contribution in [3.63, 3.8) is 0 Å². The smallest absolute Gasteiger partial charge is 0.102 e. The number of hydrogen-bond acceptors (Lipinski definition) is 24. The van der Waals surface area contributed by atoms with E-state index < -0.39 is 0 Å². The van der Waals surface area contributed by atoms with Crippen LogP contribution < -0.4 is 0 Å². The van der Waals surface area contributed by atoms with E-state index in [9.17, 15) is 0 Å². The molecule has 36 heteroatoms. The maximum Gasteiger partial charge on any atom is 0.102 e. The number of aryl methyl sites for hydroxylation is 12. The van der Waals surface area contributed by atoms with Crippen LogP contribution >= 0.6 is 0 Å². The van der Waals surface area contributed by atoms with E-state index in [2.05, 4.69) is 175 Å². The second-order valence-corrected chi connectivity index (χ2v) is 12.3. The fourth-order valence-electron chi connectivity index (χ4n) is 3.10. The van der Waals surface area contributed by atoms with Crippen molar-refractivity contribution >= 4 is 0 Å². The topological polar surface area (TPSA) is 312 Å². The van der Waals surface area contributed by atoms with Crippen LogP contribution in [0.5, 0.6) is 0 Å². The third-order valence-corrected chi connectivity index (χ3v) is 6.22. The average Bonchev–Trinajstić information content (AvgIpc) is 4.19. The predicted octanol–water partition coefficient (Wildman–Crippen LogP) is 9.37. The first-order chi connectivity index (χ1) is 34.7. The Bertz CT molecular complexity index is 2360. The van der Waals surface area contributed by atoms with Crippen LogP contribution in [-0.2, 0) is 223 Å².